The molecule has 0 atom stereocenters. The zero-order chi connectivity index (χ0) is 23.4. The molecular weight excluding hydrogens is 408 g/mol. The number of hydrogen-bond donors (Lipinski definition) is 1. The molecule has 7 nitrogen and oxygen atoms in total. The predicted molar refractivity (Wildman–Crippen MR) is 123 cm³/mol. The monoisotopic (exact) mass is 442 g/mol. The third-order valence-corrected chi connectivity index (χ3v) is 6.82. The van der Waals surface area contributed by atoms with Crippen LogP contribution in [-0.2, 0) is 22.5 Å². The summed E-state index contributed by atoms with van der Waals surface area (Å²) in [6.45, 7) is 14.1. The molecule has 4 rings (SSSR count). The van der Waals surface area contributed by atoms with Crippen molar-refractivity contribution in [3.63, 3.8) is 0 Å². The number of ether oxygens (including phenoxy) is 2. The second kappa shape index (κ2) is 7.89. The van der Waals surface area contributed by atoms with Crippen LogP contribution in [0.4, 0.5) is 0 Å². The van der Waals surface area contributed by atoms with Gasteiger partial charge in [-0.15, -0.1) is 0 Å². The van der Waals surface area contributed by atoms with Crippen LogP contribution in [0.15, 0.2) is 15.3 Å². The molecule has 174 valence electrons. The van der Waals surface area contributed by atoms with Gasteiger partial charge in [0.2, 0.25) is 0 Å². The Kier molecular flexibility index (Phi) is 5.62. The zero-order valence-corrected chi connectivity index (χ0v) is 20.2. The van der Waals surface area contributed by atoms with Crippen molar-refractivity contribution < 1.29 is 18.7 Å². The smallest absolute Gasteiger partial charge is 0.340 e. The minimum Gasteiger partial charge on any atom is -0.477 e. The normalized spacial score (nSPS) is 20.6. The van der Waals surface area contributed by atoms with Crippen molar-refractivity contribution in [3.05, 3.63) is 38.7 Å². The second-order valence-corrected chi connectivity index (χ2v) is 10.6. The van der Waals surface area contributed by atoms with E-state index in [1.807, 2.05) is 13.8 Å². The fraction of sp³-hybridized carbons (Fsp3) is 0.600. The maximum absolute atomic E-state index is 12.6. The minimum atomic E-state index is -0.500. The number of methoxy groups -OCH3 is 1. The zero-order valence-electron chi connectivity index (χ0n) is 20.2. The molecule has 0 radical (unpaired) electrons. The molecule has 0 spiro atoms. The summed E-state index contributed by atoms with van der Waals surface area (Å²) < 4.78 is 16.6. The van der Waals surface area contributed by atoms with Crippen LogP contribution in [0.5, 0.6) is 5.75 Å². The predicted octanol–water partition coefficient (Wildman–Crippen LogP) is 3.59. The van der Waals surface area contributed by atoms with Crippen LogP contribution in [0.1, 0.15) is 62.8 Å². The quantitative estimate of drug-likeness (QED) is 0.575. The van der Waals surface area contributed by atoms with Gasteiger partial charge in [-0.3, -0.25) is 9.69 Å². The molecular formula is C25H34N2O5. The van der Waals surface area contributed by atoms with E-state index in [1.54, 1.807) is 0 Å². The van der Waals surface area contributed by atoms with Crippen molar-refractivity contribution in [2.45, 2.75) is 84.5 Å². The van der Waals surface area contributed by atoms with E-state index in [1.165, 1.54) is 7.11 Å². The number of carbonyl (C=O) groups is 1. The van der Waals surface area contributed by atoms with Gasteiger partial charge in [-0.1, -0.05) is 0 Å². The van der Waals surface area contributed by atoms with Crippen LogP contribution >= 0.6 is 0 Å². The van der Waals surface area contributed by atoms with Gasteiger partial charge in [0, 0.05) is 40.2 Å². The van der Waals surface area contributed by atoms with Gasteiger partial charge in [-0.05, 0) is 66.0 Å². The summed E-state index contributed by atoms with van der Waals surface area (Å²) in [5.74, 6) is 0.338. The molecule has 32 heavy (non-hydrogen) atoms. The summed E-state index contributed by atoms with van der Waals surface area (Å²) in [7, 11) is 1.32. The molecule has 0 saturated carbocycles. The van der Waals surface area contributed by atoms with Crippen LogP contribution in [0, 0.1) is 13.8 Å². The lowest BCUT2D eigenvalue weighted by Gasteiger charge is -2.50. The van der Waals surface area contributed by atoms with Crippen molar-refractivity contribution in [3.8, 4) is 5.75 Å². The summed E-state index contributed by atoms with van der Waals surface area (Å²) in [6.07, 6.45) is 1.98. The molecule has 1 N–H and O–H groups in total. The van der Waals surface area contributed by atoms with Gasteiger partial charge < -0.3 is 19.2 Å². The first-order chi connectivity index (χ1) is 14.9. The number of hydrogen-bond acceptors (Lipinski definition) is 7. The number of rotatable bonds is 3. The molecule has 0 aliphatic carbocycles. The standard InChI is InChI=1S/C25H34N2O5/c1-14-18-8-16-12-27(17-10-24(3,4)26-25(5,6)11-17)13-31-21(16)15(2)22(18)32-23(29)19(14)9-20(28)30-7/h8,17,26H,9-13H2,1-7H3. The highest BCUT2D eigenvalue weighted by molar-refractivity contribution is 5.88. The lowest BCUT2D eigenvalue weighted by molar-refractivity contribution is -0.139. The second-order valence-electron chi connectivity index (χ2n) is 10.6. The van der Waals surface area contributed by atoms with E-state index >= 15 is 0 Å². The Morgan fingerprint density at radius 3 is 2.47 bits per heavy atom. The molecule has 0 amide bonds. The van der Waals surface area contributed by atoms with Crippen LogP contribution in [-0.4, -0.2) is 41.8 Å². The lowest BCUT2D eigenvalue weighted by Crippen LogP contribution is -2.62. The number of nitrogens with one attached hydrogen (secondary N) is 1. The summed E-state index contributed by atoms with van der Waals surface area (Å²) in [5, 5.41) is 4.59. The molecule has 1 aromatic carbocycles. The highest BCUT2D eigenvalue weighted by Crippen LogP contribution is 2.39. The van der Waals surface area contributed by atoms with Gasteiger partial charge in [-0.2, -0.15) is 0 Å². The number of nitrogens with zero attached hydrogens (tertiary/aromatic N) is 1. The Balaban J connectivity index is 1.72. The molecule has 2 aliphatic heterocycles. The number of fused-ring (bicyclic) bond motifs is 2. The summed E-state index contributed by atoms with van der Waals surface area (Å²) in [6, 6.07) is 2.45. The molecule has 2 aromatic rings. The average Bonchev–Trinajstić information content (AvgIpc) is 2.69. The molecule has 1 fully saturated rings. The van der Waals surface area contributed by atoms with Crippen molar-refractivity contribution in [2.24, 2.45) is 0 Å². The summed E-state index contributed by atoms with van der Waals surface area (Å²) >= 11 is 0. The van der Waals surface area contributed by atoms with E-state index in [2.05, 4.69) is 44.0 Å². The van der Waals surface area contributed by atoms with E-state index in [-0.39, 0.29) is 17.5 Å². The fourth-order valence-corrected chi connectivity index (χ4v) is 5.64. The lowest BCUT2D eigenvalue weighted by atomic mass is 9.79. The van der Waals surface area contributed by atoms with Gasteiger partial charge >= 0.3 is 11.6 Å². The van der Waals surface area contributed by atoms with Crippen LogP contribution in [0.25, 0.3) is 11.0 Å². The highest BCUT2D eigenvalue weighted by Gasteiger charge is 2.41. The Labute approximate surface area is 189 Å². The first kappa shape index (κ1) is 22.8. The molecule has 1 saturated heterocycles. The Morgan fingerprint density at radius 1 is 1.19 bits per heavy atom. The minimum absolute atomic E-state index is 0.0504. The van der Waals surface area contributed by atoms with Crippen LogP contribution in [0.2, 0.25) is 0 Å². The number of carbonyl (C=O) groups excluding carboxylic acids is 1. The van der Waals surface area contributed by atoms with E-state index in [9.17, 15) is 9.59 Å². The van der Waals surface area contributed by atoms with Crippen molar-refractivity contribution in [1.29, 1.82) is 0 Å². The SMILES string of the molecule is COC(=O)Cc1c(C)c2cc3c(c(C)c2oc1=O)OCN(C1CC(C)(C)NC(C)(C)C1)C3. The van der Waals surface area contributed by atoms with Gasteiger partial charge in [0.1, 0.15) is 18.1 Å². The Morgan fingerprint density at radius 2 is 1.84 bits per heavy atom. The molecule has 1 aromatic heterocycles. The van der Waals surface area contributed by atoms with E-state index in [4.69, 9.17) is 13.9 Å². The molecule has 0 unspecified atom stereocenters. The maximum atomic E-state index is 12.6. The highest BCUT2D eigenvalue weighted by atomic mass is 16.5. The van der Waals surface area contributed by atoms with Crippen molar-refractivity contribution >= 4 is 16.9 Å². The van der Waals surface area contributed by atoms with Crippen molar-refractivity contribution in [2.75, 3.05) is 13.8 Å². The van der Waals surface area contributed by atoms with Crippen LogP contribution in [0.3, 0.4) is 0 Å². The summed E-state index contributed by atoms with van der Waals surface area (Å²) in [4.78, 5) is 26.8. The Bertz CT molecular complexity index is 1120. The van der Waals surface area contributed by atoms with E-state index in [0.29, 0.717) is 23.9 Å². The first-order valence-electron chi connectivity index (χ1n) is 11.2. The maximum Gasteiger partial charge on any atom is 0.340 e. The molecule has 3 heterocycles. The topological polar surface area (TPSA) is 81.0 Å². The third-order valence-electron chi connectivity index (χ3n) is 6.82. The van der Waals surface area contributed by atoms with Gasteiger partial charge in [0.25, 0.3) is 0 Å². The number of piperidine rings is 1. The fourth-order valence-electron chi connectivity index (χ4n) is 5.64. The molecule has 2 aliphatic rings. The largest absolute Gasteiger partial charge is 0.477 e. The number of benzene rings is 1. The first-order valence-corrected chi connectivity index (χ1v) is 11.2. The van der Waals surface area contributed by atoms with Gasteiger partial charge in [0.05, 0.1) is 19.1 Å². The summed E-state index contributed by atoms with van der Waals surface area (Å²) in [5.41, 5.74) is 3.14. The van der Waals surface area contributed by atoms with Gasteiger partial charge in [-0.25, -0.2) is 4.79 Å². The third kappa shape index (κ3) is 4.16. The van der Waals surface area contributed by atoms with Crippen LogP contribution < -0.4 is 15.7 Å². The number of esters is 1. The van der Waals surface area contributed by atoms with E-state index < -0.39 is 11.6 Å². The number of aryl methyl sites for hydroxylation is 2. The van der Waals surface area contributed by atoms with E-state index in [0.717, 1.165) is 47.2 Å². The average molecular weight is 443 g/mol. The Hall–Kier alpha value is -2.38. The van der Waals surface area contributed by atoms with Crippen molar-refractivity contribution in [1.82, 2.24) is 10.2 Å². The molecule has 7 heteroatoms. The molecule has 0 bridgehead atoms. The van der Waals surface area contributed by atoms with Gasteiger partial charge in [0.15, 0.2) is 0 Å².